The summed E-state index contributed by atoms with van der Waals surface area (Å²) in [6.45, 7) is 6.01. The Morgan fingerprint density at radius 3 is 2.45 bits per heavy atom. The Labute approximate surface area is 195 Å². The number of aryl methyl sites for hydroxylation is 1. The van der Waals surface area contributed by atoms with E-state index in [-0.39, 0.29) is 11.8 Å². The van der Waals surface area contributed by atoms with Crippen molar-refractivity contribution in [3.63, 3.8) is 0 Å². The summed E-state index contributed by atoms with van der Waals surface area (Å²) in [5.74, 6) is -1.67. The van der Waals surface area contributed by atoms with Gasteiger partial charge in [-0.15, -0.1) is 12.2 Å². The zero-order valence-corrected chi connectivity index (χ0v) is 19.0. The third-order valence-corrected chi connectivity index (χ3v) is 6.87. The van der Waals surface area contributed by atoms with Crippen molar-refractivity contribution in [3.05, 3.63) is 69.2 Å². The molecule has 2 aromatic carbocycles. The number of hydrogen-bond donors (Lipinski definition) is 0. The zero-order chi connectivity index (χ0) is 23.8. The first-order valence-electron chi connectivity index (χ1n) is 10.9. The summed E-state index contributed by atoms with van der Waals surface area (Å²) in [7, 11) is 0. The summed E-state index contributed by atoms with van der Waals surface area (Å²) >= 11 is 6.13. The van der Waals surface area contributed by atoms with E-state index in [2.05, 4.69) is 10.2 Å². The van der Waals surface area contributed by atoms with Gasteiger partial charge in [-0.1, -0.05) is 42.3 Å². The van der Waals surface area contributed by atoms with E-state index in [1.165, 1.54) is 4.90 Å². The van der Waals surface area contributed by atoms with Crippen molar-refractivity contribution in [2.75, 3.05) is 39.3 Å². The minimum Gasteiger partial charge on any atom is -0.684 e. The number of fused-ring (bicyclic) bond motifs is 1. The predicted octanol–water partition coefficient (Wildman–Crippen LogP) is 5.91. The van der Waals surface area contributed by atoms with Gasteiger partial charge in [0.25, 0.3) is 5.91 Å². The molecule has 0 aromatic heterocycles. The highest BCUT2D eigenvalue weighted by Gasteiger charge is 2.42. The van der Waals surface area contributed by atoms with Crippen LogP contribution in [0.15, 0.2) is 36.4 Å². The van der Waals surface area contributed by atoms with E-state index in [0.717, 1.165) is 49.4 Å². The van der Waals surface area contributed by atoms with E-state index in [0.29, 0.717) is 30.7 Å². The van der Waals surface area contributed by atoms with Crippen molar-refractivity contribution in [1.82, 2.24) is 9.80 Å². The molecule has 2 saturated heterocycles. The Morgan fingerprint density at radius 1 is 1.12 bits per heavy atom. The maximum absolute atomic E-state index is 14.4. The minimum absolute atomic E-state index is 0.246. The first-order valence-corrected chi connectivity index (χ1v) is 11.3. The van der Waals surface area contributed by atoms with E-state index in [4.69, 9.17) is 11.6 Å². The molecule has 9 heteroatoms. The molecule has 2 atom stereocenters. The molecule has 0 aliphatic carbocycles. The van der Waals surface area contributed by atoms with Crippen molar-refractivity contribution < 1.29 is 22.4 Å². The van der Waals surface area contributed by atoms with Crippen molar-refractivity contribution in [2.45, 2.75) is 19.5 Å². The molecule has 0 saturated carbocycles. The number of benzene rings is 2. The van der Waals surface area contributed by atoms with Crippen LogP contribution in [-0.4, -0.2) is 55.0 Å². The molecule has 2 aliphatic rings. The summed E-state index contributed by atoms with van der Waals surface area (Å²) in [6.07, 6.45) is -3.94. The molecule has 4 nitrogen and oxygen atoms in total. The van der Waals surface area contributed by atoms with Gasteiger partial charge in [-0.2, -0.15) is 13.2 Å². The monoisotopic (exact) mass is 482 g/mol. The van der Waals surface area contributed by atoms with Crippen molar-refractivity contribution in [2.24, 2.45) is 11.8 Å². The van der Waals surface area contributed by atoms with Gasteiger partial charge in [-0.25, -0.2) is 4.39 Å². The number of amides is 1. The molecule has 2 unspecified atom stereocenters. The summed E-state index contributed by atoms with van der Waals surface area (Å²) < 4.78 is 53.3. The zero-order valence-electron chi connectivity index (χ0n) is 18.2. The molecule has 0 bridgehead atoms. The molecular weight excluding hydrogens is 458 g/mol. The second kappa shape index (κ2) is 9.50. The number of carbonyl (C=O) groups is 1. The summed E-state index contributed by atoms with van der Waals surface area (Å²) in [5.41, 5.74) is -0.0425. The highest BCUT2D eigenvalue weighted by molar-refractivity contribution is 6.31. The first kappa shape index (κ1) is 23.8. The minimum atomic E-state index is -4.83. The van der Waals surface area contributed by atoms with Crippen molar-refractivity contribution in [3.8, 4) is 0 Å². The van der Waals surface area contributed by atoms with Crippen LogP contribution in [0.3, 0.4) is 0 Å². The van der Waals surface area contributed by atoms with E-state index >= 15 is 0 Å². The maximum Gasteiger partial charge on any atom is 0.419 e. The number of rotatable bonds is 6. The molecule has 1 amide bonds. The fraction of sp³-hybridized carbons (Fsp3) is 0.458. The van der Waals surface area contributed by atoms with Gasteiger partial charge >= 0.3 is 6.18 Å². The van der Waals surface area contributed by atoms with E-state index in [9.17, 15) is 22.4 Å². The van der Waals surface area contributed by atoms with Crippen LogP contribution in [0.4, 0.5) is 23.2 Å². The van der Waals surface area contributed by atoms with Gasteiger partial charge in [0.05, 0.1) is 11.1 Å². The van der Waals surface area contributed by atoms with Gasteiger partial charge in [0.2, 0.25) is 0 Å². The van der Waals surface area contributed by atoms with Crippen LogP contribution < -0.4 is 0 Å². The Kier molecular flexibility index (Phi) is 6.86. The van der Waals surface area contributed by atoms with E-state index in [1.54, 1.807) is 0 Å². The lowest BCUT2D eigenvalue weighted by molar-refractivity contribution is -0.140. The van der Waals surface area contributed by atoms with E-state index in [1.807, 2.05) is 25.1 Å². The Balaban J connectivity index is 1.26. The van der Waals surface area contributed by atoms with Crippen LogP contribution in [0.1, 0.15) is 27.9 Å². The topological polar surface area (TPSA) is 37.7 Å². The molecule has 4 rings (SSSR count). The molecule has 0 radical (unpaired) electrons. The maximum atomic E-state index is 14.4. The van der Waals surface area contributed by atoms with Gasteiger partial charge in [0, 0.05) is 31.2 Å². The molecule has 33 heavy (non-hydrogen) atoms. The second-order valence-electron chi connectivity index (χ2n) is 8.82. The lowest BCUT2D eigenvalue weighted by Gasteiger charge is -2.25. The van der Waals surface area contributed by atoms with Gasteiger partial charge in [0.1, 0.15) is 5.82 Å². The SMILES string of the molecule is Cc1ccc([N-]CCCN2CC3CN(C(=O)c4cccc(C(F)(F)F)c4F)CC3C2)cc1Cl. The average Bonchev–Trinajstić information content (AvgIpc) is 3.31. The van der Waals surface area contributed by atoms with Crippen LogP contribution in [0.5, 0.6) is 0 Å². The number of carbonyl (C=O) groups excluding carboxylic acids is 1. The first-order chi connectivity index (χ1) is 15.6. The van der Waals surface area contributed by atoms with Crippen LogP contribution in [0.2, 0.25) is 5.02 Å². The highest BCUT2D eigenvalue weighted by atomic mass is 35.5. The molecule has 2 heterocycles. The fourth-order valence-electron chi connectivity index (χ4n) is 4.71. The quantitative estimate of drug-likeness (QED) is 0.379. The molecule has 2 aliphatic heterocycles. The largest absolute Gasteiger partial charge is 0.684 e. The van der Waals surface area contributed by atoms with Crippen LogP contribution >= 0.6 is 11.6 Å². The number of likely N-dealkylation sites (tertiary alicyclic amines) is 2. The Morgan fingerprint density at radius 2 is 1.82 bits per heavy atom. The number of alkyl halides is 3. The molecule has 0 spiro atoms. The average molecular weight is 483 g/mol. The van der Waals surface area contributed by atoms with Crippen LogP contribution in [0.25, 0.3) is 5.32 Å². The predicted molar refractivity (Wildman–Crippen MR) is 119 cm³/mol. The second-order valence-corrected chi connectivity index (χ2v) is 9.23. The standard InChI is InChI=1S/C24H25ClF4N3O/c1-15-6-7-18(10-21(15)25)30-8-3-9-31-11-16-13-32(14-17(16)12-31)23(33)19-4-2-5-20(22(19)26)24(27,28)29/h2,4-7,10,16-17H,3,8-9,11-14H2,1H3/q-1. The van der Waals surface area contributed by atoms with Crippen molar-refractivity contribution in [1.29, 1.82) is 0 Å². The van der Waals surface area contributed by atoms with Gasteiger partial charge in [-0.05, 0) is 43.0 Å². The van der Waals surface area contributed by atoms with Crippen molar-refractivity contribution >= 4 is 23.2 Å². The summed E-state index contributed by atoms with van der Waals surface area (Å²) in [4.78, 5) is 16.6. The van der Waals surface area contributed by atoms with Gasteiger partial charge in [-0.3, -0.25) is 4.79 Å². The van der Waals surface area contributed by atoms with Crippen LogP contribution in [0, 0.1) is 24.6 Å². The number of halogens is 5. The Bertz CT molecular complexity index is 1020. The summed E-state index contributed by atoms with van der Waals surface area (Å²) in [6, 6.07) is 8.60. The number of nitrogens with zero attached hydrogens (tertiary/aromatic N) is 3. The third-order valence-electron chi connectivity index (χ3n) is 6.47. The van der Waals surface area contributed by atoms with Gasteiger partial charge < -0.3 is 15.1 Å². The molecule has 178 valence electrons. The number of hydrogen-bond acceptors (Lipinski definition) is 2. The third kappa shape index (κ3) is 5.27. The van der Waals surface area contributed by atoms with E-state index < -0.39 is 29.0 Å². The highest BCUT2D eigenvalue weighted by Crippen LogP contribution is 2.35. The molecule has 0 N–H and O–H groups in total. The molecule has 2 fully saturated rings. The summed E-state index contributed by atoms with van der Waals surface area (Å²) in [5, 5.41) is 5.26. The lowest BCUT2D eigenvalue weighted by atomic mass is 10.0. The lowest BCUT2D eigenvalue weighted by Crippen LogP contribution is -2.34. The molecular formula is C24H25ClF4N3O-. The fourth-order valence-corrected chi connectivity index (χ4v) is 4.88. The van der Waals surface area contributed by atoms with Gasteiger partial charge in [0.15, 0.2) is 0 Å². The normalized spacial score (nSPS) is 20.8. The Hall–Kier alpha value is -2.32. The smallest absolute Gasteiger partial charge is 0.419 e. The molecule has 2 aromatic rings. The van der Waals surface area contributed by atoms with Crippen LogP contribution in [-0.2, 0) is 6.18 Å².